The van der Waals surface area contributed by atoms with E-state index in [0.717, 1.165) is 24.1 Å². The van der Waals surface area contributed by atoms with Crippen LogP contribution >= 0.6 is 0 Å². The SMILES string of the molecule is Cc1c(C(=O)N2CCC([C@H](O)c3nccn3C)CC2)ccn1C. The Morgan fingerprint density at radius 1 is 1.26 bits per heavy atom. The summed E-state index contributed by atoms with van der Waals surface area (Å²) in [6.07, 6.45) is 6.49. The van der Waals surface area contributed by atoms with Crippen LogP contribution in [0.5, 0.6) is 0 Å². The molecule has 0 radical (unpaired) electrons. The van der Waals surface area contributed by atoms with Gasteiger partial charge in [-0.25, -0.2) is 4.98 Å². The second-order valence-corrected chi connectivity index (χ2v) is 6.40. The third-order valence-corrected chi connectivity index (χ3v) is 5.01. The lowest BCUT2D eigenvalue weighted by Crippen LogP contribution is -2.40. The minimum Gasteiger partial charge on any atom is -0.385 e. The van der Waals surface area contributed by atoms with E-state index in [9.17, 15) is 9.90 Å². The lowest BCUT2D eigenvalue weighted by atomic mass is 9.90. The zero-order chi connectivity index (χ0) is 16.6. The number of hydrogen-bond acceptors (Lipinski definition) is 3. The maximum Gasteiger partial charge on any atom is 0.255 e. The fraction of sp³-hybridized carbons (Fsp3) is 0.529. The van der Waals surface area contributed by atoms with Gasteiger partial charge in [-0.15, -0.1) is 0 Å². The fourth-order valence-electron chi connectivity index (χ4n) is 3.30. The van der Waals surface area contributed by atoms with Crippen molar-refractivity contribution >= 4 is 5.91 Å². The molecule has 0 aromatic carbocycles. The number of hydrogen-bond donors (Lipinski definition) is 1. The minimum atomic E-state index is -0.564. The Hall–Kier alpha value is -2.08. The second-order valence-electron chi connectivity index (χ2n) is 6.40. The average molecular weight is 316 g/mol. The van der Waals surface area contributed by atoms with Crippen molar-refractivity contribution in [2.45, 2.75) is 25.9 Å². The van der Waals surface area contributed by atoms with Crippen LogP contribution in [0.4, 0.5) is 0 Å². The molecule has 3 rings (SSSR count). The molecular formula is C17H24N4O2. The Bertz CT molecular complexity index is 695. The molecule has 1 atom stereocenters. The third-order valence-electron chi connectivity index (χ3n) is 5.01. The van der Waals surface area contributed by atoms with Crippen molar-refractivity contribution in [3.8, 4) is 0 Å². The molecule has 1 fully saturated rings. The van der Waals surface area contributed by atoms with Crippen LogP contribution in [-0.4, -0.2) is 43.1 Å². The molecule has 0 unspecified atom stereocenters. The van der Waals surface area contributed by atoms with Gasteiger partial charge in [-0.3, -0.25) is 4.79 Å². The van der Waals surface area contributed by atoms with E-state index in [1.54, 1.807) is 6.20 Å². The number of nitrogens with zero attached hydrogens (tertiary/aromatic N) is 4. The van der Waals surface area contributed by atoms with Gasteiger partial charge in [0, 0.05) is 51.5 Å². The minimum absolute atomic E-state index is 0.0908. The number of aliphatic hydroxyl groups excluding tert-OH is 1. The summed E-state index contributed by atoms with van der Waals surface area (Å²) >= 11 is 0. The third kappa shape index (κ3) is 2.91. The maximum atomic E-state index is 12.6. The van der Waals surface area contributed by atoms with Gasteiger partial charge in [0.05, 0.1) is 5.56 Å². The zero-order valence-electron chi connectivity index (χ0n) is 13.9. The first-order chi connectivity index (χ1) is 11.0. The Morgan fingerprint density at radius 2 is 1.96 bits per heavy atom. The number of likely N-dealkylation sites (tertiary alicyclic amines) is 1. The van der Waals surface area contributed by atoms with E-state index in [4.69, 9.17) is 0 Å². The number of rotatable bonds is 3. The van der Waals surface area contributed by atoms with Gasteiger partial charge in [0.2, 0.25) is 0 Å². The summed E-state index contributed by atoms with van der Waals surface area (Å²) in [6, 6.07) is 1.88. The van der Waals surface area contributed by atoms with Crippen molar-refractivity contribution in [2.24, 2.45) is 20.0 Å². The zero-order valence-corrected chi connectivity index (χ0v) is 13.9. The topological polar surface area (TPSA) is 63.3 Å². The molecule has 6 nitrogen and oxygen atoms in total. The largest absolute Gasteiger partial charge is 0.385 e. The summed E-state index contributed by atoms with van der Waals surface area (Å²) < 4.78 is 3.82. The number of piperidine rings is 1. The molecule has 23 heavy (non-hydrogen) atoms. The van der Waals surface area contributed by atoms with Crippen molar-refractivity contribution in [3.63, 3.8) is 0 Å². The number of carbonyl (C=O) groups is 1. The quantitative estimate of drug-likeness (QED) is 0.936. The number of aryl methyl sites for hydroxylation is 2. The fourth-order valence-corrected chi connectivity index (χ4v) is 3.30. The Morgan fingerprint density at radius 3 is 2.48 bits per heavy atom. The molecular weight excluding hydrogens is 292 g/mol. The summed E-state index contributed by atoms with van der Waals surface area (Å²) in [6.45, 7) is 3.32. The normalized spacial score (nSPS) is 17.5. The van der Waals surface area contributed by atoms with Gasteiger partial charge >= 0.3 is 0 Å². The van der Waals surface area contributed by atoms with Crippen molar-refractivity contribution in [2.75, 3.05) is 13.1 Å². The molecule has 3 heterocycles. The van der Waals surface area contributed by atoms with E-state index >= 15 is 0 Å². The van der Waals surface area contributed by atoms with Crippen molar-refractivity contribution in [1.29, 1.82) is 0 Å². The number of aromatic nitrogens is 3. The maximum absolute atomic E-state index is 12.6. The number of amides is 1. The second kappa shape index (κ2) is 6.20. The number of imidazole rings is 1. The molecule has 0 bridgehead atoms. The predicted octanol–water partition coefficient (Wildman–Crippen LogP) is 1.65. The van der Waals surface area contributed by atoms with E-state index in [1.807, 2.05) is 53.5 Å². The molecule has 1 amide bonds. The van der Waals surface area contributed by atoms with Gasteiger partial charge in [-0.1, -0.05) is 0 Å². The first kappa shape index (κ1) is 15.8. The highest BCUT2D eigenvalue weighted by Gasteiger charge is 2.30. The Kier molecular flexibility index (Phi) is 4.26. The highest BCUT2D eigenvalue weighted by Crippen LogP contribution is 2.30. The highest BCUT2D eigenvalue weighted by atomic mass is 16.3. The van der Waals surface area contributed by atoms with Gasteiger partial charge in [-0.05, 0) is 31.7 Å². The van der Waals surface area contributed by atoms with Gasteiger partial charge < -0.3 is 19.1 Å². The monoisotopic (exact) mass is 316 g/mol. The van der Waals surface area contributed by atoms with Crippen LogP contribution in [0.2, 0.25) is 0 Å². The number of carbonyl (C=O) groups excluding carboxylic acids is 1. The predicted molar refractivity (Wildman–Crippen MR) is 86.9 cm³/mol. The molecule has 0 spiro atoms. The van der Waals surface area contributed by atoms with Crippen LogP contribution < -0.4 is 0 Å². The first-order valence-corrected chi connectivity index (χ1v) is 8.05. The lowest BCUT2D eigenvalue weighted by molar-refractivity contribution is 0.0419. The van der Waals surface area contributed by atoms with Crippen molar-refractivity contribution in [3.05, 3.63) is 41.7 Å². The lowest BCUT2D eigenvalue weighted by Gasteiger charge is -2.34. The summed E-state index contributed by atoms with van der Waals surface area (Å²) in [7, 11) is 3.84. The van der Waals surface area contributed by atoms with Crippen LogP contribution in [0.25, 0.3) is 0 Å². The van der Waals surface area contributed by atoms with E-state index < -0.39 is 6.10 Å². The molecule has 2 aromatic rings. The van der Waals surface area contributed by atoms with E-state index in [0.29, 0.717) is 18.9 Å². The summed E-state index contributed by atoms with van der Waals surface area (Å²) in [5.74, 6) is 0.943. The standard InChI is InChI=1S/C17H24N4O2/c1-12-14(6-8-19(12)2)17(23)21-9-4-13(5-10-21)15(22)16-18-7-11-20(16)3/h6-8,11,13,15,22H,4-5,9-10H2,1-3H3/t15-/m0/s1. The highest BCUT2D eigenvalue weighted by molar-refractivity contribution is 5.95. The van der Waals surface area contributed by atoms with Crippen LogP contribution in [0.1, 0.15) is 40.8 Å². The van der Waals surface area contributed by atoms with Gasteiger partial charge in [0.25, 0.3) is 5.91 Å². The first-order valence-electron chi connectivity index (χ1n) is 8.05. The average Bonchev–Trinajstić information content (AvgIpc) is 3.13. The van der Waals surface area contributed by atoms with Crippen molar-refractivity contribution in [1.82, 2.24) is 19.0 Å². The molecule has 6 heteroatoms. The van der Waals surface area contributed by atoms with Crippen LogP contribution in [-0.2, 0) is 14.1 Å². The van der Waals surface area contributed by atoms with Gasteiger partial charge in [0.15, 0.2) is 0 Å². The van der Waals surface area contributed by atoms with Crippen molar-refractivity contribution < 1.29 is 9.90 Å². The summed E-state index contributed by atoms with van der Waals surface area (Å²) in [5.41, 5.74) is 1.76. The Balaban J connectivity index is 1.63. The smallest absolute Gasteiger partial charge is 0.255 e. The molecule has 0 aliphatic carbocycles. The Labute approximate surface area is 136 Å². The van der Waals surface area contributed by atoms with Crippen LogP contribution in [0, 0.1) is 12.8 Å². The molecule has 0 saturated carbocycles. The van der Waals surface area contributed by atoms with E-state index in [2.05, 4.69) is 4.98 Å². The summed E-state index contributed by atoms with van der Waals surface area (Å²) in [5, 5.41) is 10.5. The van der Waals surface area contributed by atoms with Gasteiger partial charge in [0.1, 0.15) is 11.9 Å². The molecule has 1 N–H and O–H groups in total. The number of aliphatic hydroxyl groups is 1. The van der Waals surface area contributed by atoms with E-state index in [-0.39, 0.29) is 11.8 Å². The molecule has 1 aliphatic heterocycles. The summed E-state index contributed by atoms with van der Waals surface area (Å²) in [4.78, 5) is 18.8. The molecule has 1 saturated heterocycles. The molecule has 124 valence electrons. The molecule has 2 aromatic heterocycles. The van der Waals surface area contributed by atoms with Crippen LogP contribution in [0.3, 0.4) is 0 Å². The van der Waals surface area contributed by atoms with Gasteiger partial charge in [-0.2, -0.15) is 0 Å². The molecule has 1 aliphatic rings. The van der Waals surface area contributed by atoms with E-state index in [1.165, 1.54) is 0 Å². The van der Waals surface area contributed by atoms with Crippen LogP contribution in [0.15, 0.2) is 24.7 Å².